The lowest BCUT2D eigenvalue weighted by atomic mass is 9.78. The van der Waals surface area contributed by atoms with Crippen LogP contribution in [0.1, 0.15) is 209 Å². The zero-order valence-electron chi connectivity index (χ0n) is 37.6. The highest BCUT2D eigenvalue weighted by Crippen LogP contribution is 2.38. The Morgan fingerprint density at radius 2 is 0.814 bits per heavy atom. The van der Waals surface area contributed by atoms with E-state index in [2.05, 4.69) is 61.9 Å². The highest BCUT2D eigenvalue weighted by atomic mass is 19.1. The maximum Gasteiger partial charge on any atom is 0.132 e. The molecule has 2 aromatic heterocycles. The fourth-order valence-electron chi connectivity index (χ4n) is 9.66. The number of nitrogens with zero attached hydrogens (tertiary/aromatic N) is 2. The summed E-state index contributed by atoms with van der Waals surface area (Å²) in [6.07, 6.45) is 35.5. The van der Waals surface area contributed by atoms with Gasteiger partial charge in [0.1, 0.15) is 11.6 Å². The third-order valence-electron chi connectivity index (χ3n) is 13.9. The van der Waals surface area contributed by atoms with E-state index in [0.29, 0.717) is 23.0 Å². The van der Waals surface area contributed by atoms with Gasteiger partial charge in [0.2, 0.25) is 0 Å². The predicted octanol–water partition coefficient (Wildman–Crippen LogP) is 17.3. The van der Waals surface area contributed by atoms with Crippen molar-refractivity contribution in [3.63, 3.8) is 0 Å². The molecule has 4 heteroatoms. The number of unbranched alkanes of at least 4 members (excludes halogenated alkanes) is 11. The van der Waals surface area contributed by atoms with E-state index in [-0.39, 0.29) is 11.6 Å². The van der Waals surface area contributed by atoms with Crippen LogP contribution in [-0.4, -0.2) is 9.97 Å². The van der Waals surface area contributed by atoms with Crippen LogP contribution >= 0.6 is 0 Å². The summed E-state index contributed by atoms with van der Waals surface area (Å²) in [5.41, 5.74) is 7.60. The van der Waals surface area contributed by atoms with Crippen LogP contribution in [0.2, 0.25) is 0 Å². The van der Waals surface area contributed by atoms with Crippen molar-refractivity contribution >= 4 is 0 Å². The van der Waals surface area contributed by atoms with Crippen molar-refractivity contribution in [2.24, 2.45) is 11.8 Å². The molecule has 2 fully saturated rings. The van der Waals surface area contributed by atoms with Gasteiger partial charge in [0, 0.05) is 23.5 Å². The molecule has 2 aromatic carbocycles. The van der Waals surface area contributed by atoms with Gasteiger partial charge in [-0.05, 0) is 159 Å². The molecule has 59 heavy (non-hydrogen) atoms. The fourth-order valence-corrected chi connectivity index (χ4v) is 9.66. The minimum Gasteiger partial charge on any atom is -0.256 e. The van der Waals surface area contributed by atoms with Crippen molar-refractivity contribution in [2.75, 3.05) is 0 Å². The molecule has 2 nitrogen and oxygen atoms in total. The zero-order valence-corrected chi connectivity index (χ0v) is 37.6. The van der Waals surface area contributed by atoms with Gasteiger partial charge in [-0.3, -0.25) is 9.97 Å². The van der Waals surface area contributed by atoms with Gasteiger partial charge in [0.15, 0.2) is 0 Å². The molecule has 0 spiro atoms. The van der Waals surface area contributed by atoms with Gasteiger partial charge in [0.25, 0.3) is 0 Å². The Labute approximate surface area is 358 Å². The van der Waals surface area contributed by atoms with E-state index >= 15 is 0 Å². The third-order valence-corrected chi connectivity index (χ3v) is 13.9. The Morgan fingerprint density at radius 1 is 0.441 bits per heavy atom. The molecule has 2 aliphatic carbocycles. The Bertz CT molecular complexity index is 1730. The van der Waals surface area contributed by atoms with E-state index in [9.17, 15) is 8.78 Å². The standard InChI is InChI=1S/C28H40FN.C27H38FN/c1-3-5-6-7-8-9-10-11-23-14-18-26(27(29)20-23)28-19-17-25(21-30-28)24-15-12-22(4-2)13-16-24;1-3-5-6-7-8-9-10-22-13-17-25(26(28)19-22)27-18-16-24(20-29-27)23-14-11-21(4-2)12-15-23/h14,17-22,24H,3-13,15-16H2,1-2H3;13,16-21,23H,3-12,14-15H2,1-2H3/t22-,24-;21-,23-. The van der Waals surface area contributed by atoms with Gasteiger partial charge >= 0.3 is 0 Å². The first-order valence-electron chi connectivity index (χ1n) is 24.4. The lowest BCUT2D eigenvalue weighted by Crippen LogP contribution is -2.12. The normalized spacial score (nSPS) is 19.3. The molecule has 2 aliphatic rings. The summed E-state index contributed by atoms with van der Waals surface area (Å²) < 4.78 is 29.5. The predicted molar refractivity (Wildman–Crippen MR) is 248 cm³/mol. The second kappa shape index (κ2) is 26.0. The van der Waals surface area contributed by atoms with Gasteiger partial charge in [-0.2, -0.15) is 0 Å². The first kappa shape index (κ1) is 46.7. The average molecular weight is 805 g/mol. The minimum atomic E-state index is -0.141. The number of pyridine rings is 2. The minimum absolute atomic E-state index is 0.140. The van der Waals surface area contributed by atoms with E-state index < -0.39 is 0 Å². The summed E-state index contributed by atoms with van der Waals surface area (Å²) in [5.74, 6) is 2.79. The van der Waals surface area contributed by atoms with Crippen LogP contribution in [0.15, 0.2) is 73.1 Å². The summed E-state index contributed by atoms with van der Waals surface area (Å²) in [5, 5.41) is 0. The number of halogens is 2. The van der Waals surface area contributed by atoms with Crippen molar-refractivity contribution in [1.29, 1.82) is 0 Å². The summed E-state index contributed by atoms with van der Waals surface area (Å²) in [4.78, 5) is 9.24. The average Bonchev–Trinajstić information content (AvgIpc) is 3.28. The van der Waals surface area contributed by atoms with E-state index in [0.717, 1.165) is 60.0 Å². The molecule has 0 N–H and O–H groups in total. The molecule has 0 radical (unpaired) electrons. The lowest BCUT2D eigenvalue weighted by molar-refractivity contribution is 0.318. The lowest BCUT2D eigenvalue weighted by Gasteiger charge is -2.27. The highest BCUT2D eigenvalue weighted by molar-refractivity contribution is 5.61. The second-order valence-corrected chi connectivity index (χ2v) is 18.2. The Hall–Kier alpha value is -3.40. The smallest absolute Gasteiger partial charge is 0.132 e. The van der Waals surface area contributed by atoms with Crippen molar-refractivity contribution < 1.29 is 8.78 Å². The molecule has 0 saturated heterocycles. The van der Waals surface area contributed by atoms with Crippen molar-refractivity contribution in [3.05, 3.63) is 107 Å². The number of aryl methyl sites for hydroxylation is 2. The first-order chi connectivity index (χ1) is 28.9. The fraction of sp³-hybridized carbons (Fsp3) is 0.600. The Kier molecular flexibility index (Phi) is 20.6. The van der Waals surface area contributed by atoms with Crippen LogP contribution in [-0.2, 0) is 12.8 Å². The molecule has 0 aliphatic heterocycles. The van der Waals surface area contributed by atoms with Crippen LogP contribution in [0, 0.1) is 23.5 Å². The zero-order chi connectivity index (χ0) is 41.7. The third kappa shape index (κ3) is 15.2. The quantitative estimate of drug-likeness (QED) is 0.0784. The Morgan fingerprint density at radius 3 is 1.14 bits per heavy atom. The number of rotatable bonds is 21. The summed E-state index contributed by atoms with van der Waals surface area (Å²) in [7, 11) is 0. The molecule has 2 saturated carbocycles. The Balaban J connectivity index is 0.000000224. The maximum atomic E-state index is 14.7. The number of hydrogen-bond acceptors (Lipinski definition) is 2. The highest BCUT2D eigenvalue weighted by Gasteiger charge is 2.23. The summed E-state index contributed by atoms with van der Waals surface area (Å²) in [6, 6.07) is 19.8. The van der Waals surface area contributed by atoms with E-state index in [1.807, 2.05) is 36.7 Å². The number of hydrogen-bond donors (Lipinski definition) is 0. The van der Waals surface area contributed by atoms with Crippen LogP contribution in [0.5, 0.6) is 0 Å². The molecule has 0 bridgehead atoms. The van der Waals surface area contributed by atoms with Crippen molar-refractivity contribution in [2.45, 2.75) is 200 Å². The van der Waals surface area contributed by atoms with E-state index in [4.69, 9.17) is 0 Å². The van der Waals surface area contributed by atoms with Crippen LogP contribution in [0.3, 0.4) is 0 Å². The molecular formula is C55H78F2N2. The topological polar surface area (TPSA) is 25.8 Å². The molecule has 0 atom stereocenters. The second-order valence-electron chi connectivity index (χ2n) is 18.2. The molecule has 0 amide bonds. The number of aromatic nitrogens is 2. The van der Waals surface area contributed by atoms with E-state index in [1.165, 1.54) is 146 Å². The number of benzene rings is 2. The molecule has 322 valence electrons. The van der Waals surface area contributed by atoms with Gasteiger partial charge in [0.05, 0.1) is 11.4 Å². The van der Waals surface area contributed by atoms with Crippen LogP contribution < -0.4 is 0 Å². The van der Waals surface area contributed by atoms with Crippen LogP contribution in [0.25, 0.3) is 22.5 Å². The van der Waals surface area contributed by atoms with Crippen LogP contribution in [0.4, 0.5) is 8.78 Å². The van der Waals surface area contributed by atoms with Gasteiger partial charge < -0.3 is 0 Å². The monoisotopic (exact) mass is 805 g/mol. The molecule has 4 aromatic rings. The molecular weight excluding hydrogens is 727 g/mol. The SMILES string of the molecule is CCCCCCCCCc1ccc(-c2ccc([C@H]3CC[C@H](CC)CC3)cn2)c(F)c1.CCCCCCCCc1ccc(-c2ccc([C@H]3CC[C@H](CC)CC3)cn2)c(F)c1. The van der Waals surface area contributed by atoms with Crippen molar-refractivity contribution in [3.8, 4) is 22.5 Å². The van der Waals surface area contributed by atoms with E-state index in [1.54, 1.807) is 12.1 Å². The summed E-state index contributed by atoms with van der Waals surface area (Å²) >= 11 is 0. The summed E-state index contributed by atoms with van der Waals surface area (Å²) in [6.45, 7) is 9.09. The van der Waals surface area contributed by atoms with Crippen molar-refractivity contribution in [1.82, 2.24) is 9.97 Å². The van der Waals surface area contributed by atoms with Gasteiger partial charge in [-0.1, -0.05) is 135 Å². The molecule has 0 unspecified atom stereocenters. The van der Waals surface area contributed by atoms with Gasteiger partial charge in [-0.15, -0.1) is 0 Å². The largest absolute Gasteiger partial charge is 0.256 e. The molecule has 6 rings (SSSR count). The van der Waals surface area contributed by atoms with Gasteiger partial charge in [-0.25, -0.2) is 8.78 Å². The first-order valence-corrected chi connectivity index (χ1v) is 24.4. The molecule has 2 heterocycles. The maximum absolute atomic E-state index is 14.7.